The van der Waals surface area contributed by atoms with Gasteiger partial charge in [-0.2, -0.15) is 0 Å². The molecule has 0 aromatic carbocycles. The minimum Gasteiger partial charge on any atom is -0.145 e. The number of rotatable bonds is 0. The summed E-state index contributed by atoms with van der Waals surface area (Å²) in [6.07, 6.45) is 5.54. The van der Waals surface area contributed by atoms with Crippen molar-refractivity contribution < 1.29 is 0 Å². The first kappa shape index (κ1) is 9.26. The van der Waals surface area contributed by atoms with Crippen molar-refractivity contribution in [2.24, 2.45) is 0 Å². The molecular formula is C12H18S. The maximum Gasteiger partial charge on any atom is 0.00546 e. The van der Waals surface area contributed by atoms with Crippen LogP contribution < -0.4 is 0 Å². The minimum absolute atomic E-state index is 0.808. The first-order chi connectivity index (χ1) is 6.20. The summed E-state index contributed by atoms with van der Waals surface area (Å²) in [4.78, 5) is 3.14. The van der Waals surface area contributed by atoms with E-state index in [0.29, 0.717) is 0 Å². The topological polar surface area (TPSA) is 0 Å². The molecule has 0 nitrogen and oxygen atoms in total. The second-order valence-corrected chi connectivity index (χ2v) is 5.68. The molecule has 0 spiro atoms. The number of fused-ring (bicyclic) bond motifs is 1. The van der Waals surface area contributed by atoms with Gasteiger partial charge >= 0.3 is 0 Å². The van der Waals surface area contributed by atoms with Crippen LogP contribution in [-0.2, 0) is 6.42 Å². The fraction of sp³-hybridized carbons (Fsp3) is 0.667. The number of thiophene rings is 1. The summed E-state index contributed by atoms with van der Waals surface area (Å²) in [5.41, 5.74) is 3.38. The van der Waals surface area contributed by atoms with Crippen molar-refractivity contribution in [3.05, 3.63) is 20.9 Å². The summed E-state index contributed by atoms with van der Waals surface area (Å²) in [5, 5.41) is 0. The van der Waals surface area contributed by atoms with E-state index >= 15 is 0 Å². The monoisotopic (exact) mass is 194 g/mol. The van der Waals surface area contributed by atoms with Crippen LogP contribution in [0.3, 0.4) is 0 Å². The van der Waals surface area contributed by atoms with Crippen LogP contribution in [0.1, 0.15) is 53.0 Å². The molecule has 72 valence electrons. The van der Waals surface area contributed by atoms with Crippen LogP contribution in [0.2, 0.25) is 0 Å². The van der Waals surface area contributed by atoms with Gasteiger partial charge in [-0.25, -0.2) is 0 Å². The van der Waals surface area contributed by atoms with Gasteiger partial charge in [0.1, 0.15) is 0 Å². The third-order valence-corrected chi connectivity index (χ3v) is 4.32. The van der Waals surface area contributed by atoms with Crippen LogP contribution in [0.15, 0.2) is 0 Å². The van der Waals surface area contributed by atoms with Gasteiger partial charge in [-0.3, -0.25) is 0 Å². The number of aryl methyl sites for hydroxylation is 2. The minimum atomic E-state index is 0.808. The van der Waals surface area contributed by atoms with Crippen LogP contribution in [0.25, 0.3) is 0 Å². The second kappa shape index (κ2) is 3.45. The van der Waals surface area contributed by atoms with Crippen molar-refractivity contribution in [2.75, 3.05) is 0 Å². The van der Waals surface area contributed by atoms with Crippen molar-refractivity contribution in [3.8, 4) is 0 Å². The van der Waals surface area contributed by atoms with Gasteiger partial charge in [-0.1, -0.05) is 13.3 Å². The molecule has 1 heteroatoms. The summed E-state index contributed by atoms with van der Waals surface area (Å²) in [6, 6.07) is 0. The van der Waals surface area contributed by atoms with E-state index in [-0.39, 0.29) is 0 Å². The van der Waals surface area contributed by atoms with Crippen molar-refractivity contribution in [3.63, 3.8) is 0 Å². The van der Waals surface area contributed by atoms with Gasteiger partial charge < -0.3 is 0 Å². The zero-order chi connectivity index (χ0) is 9.42. The summed E-state index contributed by atoms with van der Waals surface area (Å²) in [5.74, 6) is 0.808. The van der Waals surface area contributed by atoms with E-state index in [0.717, 1.165) is 5.92 Å². The van der Waals surface area contributed by atoms with Crippen LogP contribution in [0.4, 0.5) is 0 Å². The lowest BCUT2D eigenvalue weighted by atomic mass is 9.95. The fourth-order valence-electron chi connectivity index (χ4n) is 2.60. The van der Waals surface area contributed by atoms with E-state index in [4.69, 9.17) is 0 Å². The number of hydrogen-bond acceptors (Lipinski definition) is 1. The lowest BCUT2D eigenvalue weighted by Gasteiger charge is -2.09. The molecule has 1 heterocycles. The molecule has 2 rings (SSSR count). The molecule has 0 saturated carbocycles. The quantitative estimate of drug-likeness (QED) is 0.543. The average molecular weight is 194 g/mol. The van der Waals surface area contributed by atoms with E-state index in [9.17, 15) is 0 Å². The molecule has 0 bridgehead atoms. The predicted octanol–water partition coefficient (Wildman–Crippen LogP) is 4.19. The summed E-state index contributed by atoms with van der Waals surface area (Å²) < 4.78 is 0. The van der Waals surface area contributed by atoms with Gasteiger partial charge in [0.2, 0.25) is 0 Å². The molecule has 0 aliphatic heterocycles. The molecule has 0 saturated heterocycles. The van der Waals surface area contributed by atoms with Gasteiger partial charge in [0, 0.05) is 9.75 Å². The van der Waals surface area contributed by atoms with Crippen molar-refractivity contribution in [2.45, 2.75) is 52.4 Å². The molecular weight excluding hydrogens is 176 g/mol. The Morgan fingerprint density at radius 1 is 1.15 bits per heavy atom. The highest BCUT2D eigenvalue weighted by atomic mass is 32.1. The standard InChI is InChI=1S/C12H18S/c1-8-6-4-5-7-11-9(2)13-10(3)12(8)11/h8H,4-7H2,1-3H3. The molecule has 1 atom stereocenters. The van der Waals surface area contributed by atoms with Crippen LogP contribution in [-0.4, -0.2) is 0 Å². The zero-order valence-corrected chi connectivity index (χ0v) is 9.63. The third-order valence-electron chi connectivity index (χ3n) is 3.24. The van der Waals surface area contributed by atoms with E-state index in [1.165, 1.54) is 25.7 Å². The maximum atomic E-state index is 2.39. The largest absolute Gasteiger partial charge is 0.145 e. The Bertz CT molecular complexity index is 309. The predicted molar refractivity (Wildman–Crippen MR) is 59.8 cm³/mol. The fourth-order valence-corrected chi connectivity index (χ4v) is 3.83. The van der Waals surface area contributed by atoms with Crippen molar-refractivity contribution in [1.29, 1.82) is 0 Å². The Morgan fingerprint density at radius 2 is 1.92 bits per heavy atom. The Kier molecular flexibility index (Phi) is 2.46. The Hall–Kier alpha value is -0.300. The summed E-state index contributed by atoms with van der Waals surface area (Å²) in [6.45, 7) is 6.97. The SMILES string of the molecule is Cc1sc(C)c2c1CCCCC2C. The molecule has 1 unspecified atom stereocenters. The Labute approximate surface area is 85.0 Å². The van der Waals surface area contributed by atoms with Crippen LogP contribution in [0.5, 0.6) is 0 Å². The Balaban J connectivity index is 2.50. The third kappa shape index (κ3) is 1.54. The highest BCUT2D eigenvalue weighted by Gasteiger charge is 2.20. The van der Waals surface area contributed by atoms with Gasteiger partial charge in [-0.15, -0.1) is 11.3 Å². The zero-order valence-electron chi connectivity index (χ0n) is 8.81. The van der Waals surface area contributed by atoms with Crippen molar-refractivity contribution >= 4 is 11.3 Å². The average Bonchev–Trinajstić information content (AvgIpc) is 2.28. The van der Waals surface area contributed by atoms with E-state index in [1.807, 2.05) is 11.3 Å². The summed E-state index contributed by atoms with van der Waals surface area (Å²) in [7, 11) is 0. The lowest BCUT2D eigenvalue weighted by molar-refractivity contribution is 0.634. The van der Waals surface area contributed by atoms with E-state index in [2.05, 4.69) is 20.8 Å². The van der Waals surface area contributed by atoms with Gasteiger partial charge in [0.25, 0.3) is 0 Å². The molecule has 0 fully saturated rings. The molecule has 0 N–H and O–H groups in total. The molecule has 0 amide bonds. The maximum absolute atomic E-state index is 2.39. The first-order valence-corrected chi connectivity index (χ1v) is 6.10. The molecule has 1 aliphatic carbocycles. The van der Waals surface area contributed by atoms with E-state index in [1.54, 1.807) is 20.9 Å². The highest BCUT2D eigenvalue weighted by Crippen LogP contribution is 2.38. The molecule has 1 aromatic heterocycles. The smallest absolute Gasteiger partial charge is 0.00546 e. The van der Waals surface area contributed by atoms with Gasteiger partial charge in [0.05, 0.1) is 0 Å². The lowest BCUT2D eigenvalue weighted by Crippen LogP contribution is -1.94. The van der Waals surface area contributed by atoms with Crippen molar-refractivity contribution in [1.82, 2.24) is 0 Å². The van der Waals surface area contributed by atoms with E-state index < -0.39 is 0 Å². The van der Waals surface area contributed by atoms with Crippen LogP contribution in [0, 0.1) is 13.8 Å². The molecule has 1 aliphatic rings. The molecule has 13 heavy (non-hydrogen) atoms. The van der Waals surface area contributed by atoms with Gasteiger partial charge in [0.15, 0.2) is 0 Å². The van der Waals surface area contributed by atoms with Gasteiger partial charge in [-0.05, 0) is 50.2 Å². The molecule has 0 radical (unpaired) electrons. The highest BCUT2D eigenvalue weighted by molar-refractivity contribution is 7.12. The van der Waals surface area contributed by atoms with Crippen LogP contribution >= 0.6 is 11.3 Å². The normalized spacial score (nSPS) is 22.5. The second-order valence-electron chi connectivity index (χ2n) is 4.25. The summed E-state index contributed by atoms with van der Waals surface area (Å²) >= 11 is 2.00. The number of hydrogen-bond donors (Lipinski definition) is 0. The Morgan fingerprint density at radius 3 is 2.69 bits per heavy atom. The molecule has 1 aromatic rings. The first-order valence-electron chi connectivity index (χ1n) is 5.29.